The number of hydrogen-bond donors (Lipinski definition) is 1. The van der Waals surface area contributed by atoms with Crippen molar-refractivity contribution in [3.05, 3.63) is 0 Å². The Morgan fingerprint density at radius 1 is 1.07 bits per heavy atom. The van der Waals surface area contributed by atoms with Crippen LogP contribution < -0.4 is 5.32 Å². The maximum absolute atomic E-state index is 3.57. The van der Waals surface area contributed by atoms with Crippen molar-refractivity contribution in [2.45, 2.75) is 72.5 Å². The number of hydrogen-bond acceptors (Lipinski definition) is 2. The standard InChI is InChI=1S/C13H30N2/c1-8-11(3)15(9-2)12(4)10-14-13(5,6)7/h11-12,14H,8-10H2,1-7H3. The van der Waals surface area contributed by atoms with Gasteiger partial charge < -0.3 is 5.32 Å². The van der Waals surface area contributed by atoms with Gasteiger partial charge in [0.15, 0.2) is 0 Å². The molecule has 0 aromatic carbocycles. The van der Waals surface area contributed by atoms with Crippen LogP contribution >= 0.6 is 0 Å². The molecular weight excluding hydrogens is 184 g/mol. The molecule has 2 atom stereocenters. The molecule has 0 bridgehead atoms. The minimum atomic E-state index is 0.225. The van der Waals surface area contributed by atoms with Gasteiger partial charge in [-0.05, 0) is 47.6 Å². The largest absolute Gasteiger partial charge is 0.311 e. The van der Waals surface area contributed by atoms with Crippen LogP contribution in [0.15, 0.2) is 0 Å². The molecule has 0 saturated heterocycles. The molecule has 0 heterocycles. The Hall–Kier alpha value is -0.0800. The van der Waals surface area contributed by atoms with E-state index in [2.05, 4.69) is 58.7 Å². The van der Waals surface area contributed by atoms with E-state index in [-0.39, 0.29) is 5.54 Å². The van der Waals surface area contributed by atoms with Gasteiger partial charge >= 0.3 is 0 Å². The number of nitrogens with one attached hydrogen (secondary N) is 1. The molecular formula is C13H30N2. The number of rotatable bonds is 6. The van der Waals surface area contributed by atoms with E-state index in [4.69, 9.17) is 0 Å². The third-order valence-electron chi connectivity index (χ3n) is 3.02. The van der Waals surface area contributed by atoms with Gasteiger partial charge in [0.25, 0.3) is 0 Å². The van der Waals surface area contributed by atoms with E-state index in [1.165, 1.54) is 6.42 Å². The van der Waals surface area contributed by atoms with Crippen molar-refractivity contribution in [3.63, 3.8) is 0 Å². The minimum absolute atomic E-state index is 0.225. The van der Waals surface area contributed by atoms with Crippen molar-refractivity contribution in [1.82, 2.24) is 10.2 Å². The SMILES string of the molecule is CCC(C)N(CC)C(C)CNC(C)(C)C. The van der Waals surface area contributed by atoms with Gasteiger partial charge in [-0.25, -0.2) is 0 Å². The van der Waals surface area contributed by atoms with Gasteiger partial charge in [0.2, 0.25) is 0 Å². The molecule has 0 aliphatic carbocycles. The Balaban J connectivity index is 4.10. The lowest BCUT2D eigenvalue weighted by molar-refractivity contribution is 0.149. The van der Waals surface area contributed by atoms with Crippen LogP contribution in [0.4, 0.5) is 0 Å². The maximum atomic E-state index is 3.57. The second-order valence-electron chi connectivity index (χ2n) is 5.57. The summed E-state index contributed by atoms with van der Waals surface area (Å²) < 4.78 is 0. The first kappa shape index (κ1) is 14.9. The van der Waals surface area contributed by atoms with Crippen LogP contribution in [0, 0.1) is 0 Å². The summed E-state index contributed by atoms with van der Waals surface area (Å²) in [4.78, 5) is 2.57. The molecule has 2 heteroatoms. The van der Waals surface area contributed by atoms with Crippen molar-refractivity contribution in [1.29, 1.82) is 0 Å². The second-order valence-corrected chi connectivity index (χ2v) is 5.57. The summed E-state index contributed by atoms with van der Waals surface area (Å²) in [5.41, 5.74) is 0.225. The van der Waals surface area contributed by atoms with E-state index < -0.39 is 0 Å². The first-order chi connectivity index (χ1) is 6.81. The van der Waals surface area contributed by atoms with Gasteiger partial charge in [-0.2, -0.15) is 0 Å². The number of likely N-dealkylation sites (N-methyl/N-ethyl adjacent to an activating group) is 1. The quantitative estimate of drug-likeness (QED) is 0.731. The van der Waals surface area contributed by atoms with Gasteiger partial charge in [0, 0.05) is 24.2 Å². The molecule has 92 valence electrons. The van der Waals surface area contributed by atoms with Crippen LogP contribution in [0.5, 0.6) is 0 Å². The first-order valence-electron chi connectivity index (χ1n) is 6.32. The summed E-state index contributed by atoms with van der Waals surface area (Å²) >= 11 is 0. The van der Waals surface area contributed by atoms with E-state index in [1.807, 2.05) is 0 Å². The molecule has 2 unspecified atom stereocenters. The topological polar surface area (TPSA) is 15.3 Å². The molecule has 2 nitrogen and oxygen atoms in total. The molecule has 15 heavy (non-hydrogen) atoms. The van der Waals surface area contributed by atoms with Gasteiger partial charge in [-0.15, -0.1) is 0 Å². The molecule has 0 aliphatic heterocycles. The van der Waals surface area contributed by atoms with Crippen LogP contribution in [0.1, 0.15) is 54.9 Å². The van der Waals surface area contributed by atoms with Gasteiger partial charge in [-0.1, -0.05) is 13.8 Å². The molecule has 0 spiro atoms. The third kappa shape index (κ3) is 6.16. The summed E-state index contributed by atoms with van der Waals surface area (Å²) in [5.74, 6) is 0. The lowest BCUT2D eigenvalue weighted by Gasteiger charge is -2.35. The number of nitrogens with zero attached hydrogens (tertiary/aromatic N) is 1. The summed E-state index contributed by atoms with van der Waals surface area (Å²) in [6.45, 7) is 18.0. The normalized spacial score (nSPS) is 16.8. The summed E-state index contributed by atoms with van der Waals surface area (Å²) in [5, 5.41) is 3.57. The van der Waals surface area contributed by atoms with Crippen LogP contribution in [-0.4, -0.2) is 35.6 Å². The van der Waals surface area contributed by atoms with Crippen LogP contribution in [0.2, 0.25) is 0 Å². The summed E-state index contributed by atoms with van der Waals surface area (Å²) in [7, 11) is 0. The Labute approximate surface area is 96.4 Å². The van der Waals surface area contributed by atoms with Crippen molar-refractivity contribution < 1.29 is 0 Å². The van der Waals surface area contributed by atoms with E-state index in [0.29, 0.717) is 12.1 Å². The van der Waals surface area contributed by atoms with Gasteiger partial charge in [0.05, 0.1) is 0 Å². The highest BCUT2D eigenvalue weighted by atomic mass is 15.2. The highest BCUT2D eigenvalue weighted by molar-refractivity contribution is 4.78. The lowest BCUT2D eigenvalue weighted by Crippen LogP contribution is -2.48. The maximum Gasteiger partial charge on any atom is 0.0195 e. The minimum Gasteiger partial charge on any atom is -0.311 e. The fourth-order valence-corrected chi connectivity index (χ4v) is 1.86. The highest BCUT2D eigenvalue weighted by Crippen LogP contribution is 2.09. The Kier molecular flexibility index (Phi) is 6.46. The van der Waals surface area contributed by atoms with Gasteiger partial charge in [-0.3, -0.25) is 4.90 Å². The zero-order valence-corrected chi connectivity index (χ0v) is 11.7. The van der Waals surface area contributed by atoms with Crippen LogP contribution in [0.25, 0.3) is 0 Å². The van der Waals surface area contributed by atoms with Crippen molar-refractivity contribution in [2.75, 3.05) is 13.1 Å². The average molecular weight is 214 g/mol. The zero-order chi connectivity index (χ0) is 12.1. The molecule has 0 aliphatic rings. The molecule has 0 radical (unpaired) electrons. The molecule has 0 fully saturated rings. The fourth-order valence-electron chi connectivity index (χ4n) is 1.86. The summed E-state index contributed by atoms with van der Waals surface area (Å²) in [6.07, 6.45) is 1.23. The third-order valence-corrected chi connectivity index (χ3v) is 3.02. The second kappa shape index (κ2) is 6.49. The van der Waals surface area contributed by atoms with Crippen molar-refractivity contribution >= 4 is 0 Å². The lowest BCUT2D eigenvalue weighted by atomic mass is 10.1. The predicted molar refractivity (Wildman–Crippen MR) is 69.4 cm³/mol. The monoisotopic (exact) mass is 214 g/mol. The summed E-state index contributed by atoms with van der Waals surface area (Å²) in [6, 6.07) is 1.30. The molecule has 0 aromatic rings. The van der Waals surface area contributed by atoms with E-state index in [9.17, 15) is 0 Å². The van der Waals surface area contributed by atoms with E-state index >= 15 is 0 Å². The molecule has 0 aromatic heterocycles. The molecule has 0 amide bonds. The Bertz CT molecular complexity index is 160. The molecule has 1 N–H and O–H groups in total. The van der Waals surface area contributed by atoms with E-state index in [0.717, 1.165) is 13.1 Å². The highest BCUT2D eigenvalue weighted by Gasteiger charge is 2.18. The van der Waals surface area contributed by atoms with Crippen LogP contribution in [-0.2, 0) is 0 Å². The van der Waals surface area contributed by atoms with Crippen molar-refractivity contribution in [2.24, 2.45) is 0 Å². The van der Waals surface area contributed by atoms with E-state index in [1.54, 1.807) is 0 Å². The predicted octanol–water partition coefficient (Wildman–Crippen LogP) is 2.88. The Morgan fingerprint density at radius 2 is 1.60 bits per heavy atom. The fraction of sp³-hybridized carbons (Fsp3) is 1.00. The van der Waals surface area contributed by atoms with Crippen LogP contribution in [0.3, 0.4) is 0 Å². The molecule has 0 saturated carbocycles. The first-order valence-corrected chi connectivity index (χ1v) is 6.32. The Morgan fingerprint density at radius 3 is 1.93 bits per heavy atom. The molecule has 0 rings (SSSR count). The smallest absolute Gasteiger partial charge is 0.0195 e. The van der Waals surface area contributed by atoms with Crippen molar-refractivity contribution in [3.8, 4) is 0 Å². The zero-order valence-electron chi connectivity index (χ0n) is 11.7. The average Bonchev–Trinajstić information content (AvgIpc) is 2.14. The van der Waals surface area contributed by atoms with Gasteiger partial charge in [0.1, 0.15) is 0 Å².